The minimum absolute atomic E-state index is 0.0566. The average Bonchev–Trinajstić information content (AvgIpc) is 2.60. The van der Waals surface area contributed by atoms with Gasteiger partial charge in [0.15, 0.2) is 11.6 Å². The standard InChI is InChI=1S/C20H22O5/c1-13(2)25-15-10-8-14(9-11-15)16(21)12-17(22)20-18(23-3)6-5-7-19(20)24-4/h5-11,13H,12H2,1-4H3. The summed E-state index contributed by atoms with van der Waals surface area (Å²) in [5, 5.41) is 0. The molecule has 0 radical (unpaired) electrons. The van der Waals surface area contributed by atoms with Crippen LogP contribution in [0.1, 0.15) is 41.0 Å². The van der Waals surface area contributed by atoms with Gasteiger partial charge >= 0.3 is 0 Å². The highest BCUT2D eigenvalue weighted by molar-refractivity contribution is 6.15. The van der Waals surface area contributed by atoms with E-state index in [0.717, 1.165) is 0 Å². The van der Waals surface area contributed by atoms with Gasteiger partial charge < -0.3 is 14.2 Å². The van der Waals surface area contributed by atoms with Crippen LogP contribution in [-0.2, 0) is 0 Å². The van der Waals surface area contributed by atoms with Gasteiger partial charge in [-0.1, -0.05) is 6.07 Å². The lowest BCUT2D eigenvalue weighted by molar-refractivity contribution is 0.0891. The topological polar surface area (TPSA) is 61.8 Å². The monoisotopic (exact) mass is 342 g/mol. The molecule has 0 heterocycles. The molecule has 132 valence electrons. The van der Waals surface area contributed by atoms with Gasteiger partial charge in [-0.2, -0.15) is 0 Å². The zero-order valence-electron chi connectivity index (χ0n) is 14.9. The number of hydrogen-bond donors (Lipinski definition) is 0. The van der Waals surface area contributed by atoms with Crippen molar-refractivity contribution in [3.05, 3.63) is 53.6 Å². The Kier molecular flexibility index (Phi) is 6.17. The minimum atomic E-state index is -0.346. The Balaban J connectivity index is 2.17. The third-order valence-electron chi connectivity index (χ3n) is 3.58. The normalized spacial score (nSPS) is 10.4. The van der Waals surface area contributed by atoms with Gasteiger partial charge in [0.1, 0.15) is 22.8 Å². The maximum atomic E-state index is 12.6. The molecule has 0 saturated carbocycles. The second-order valence-electron chi connectivity index (χ2n) is 5.75. The van der Waals surface area contributed by atoms with Crippen LogP contribution in [0.2, 0.25) is 0 Å². The van der Waals surface area contributed by atoms with Crippen LogP contribution in [-0.4, -0.2) is 31.9 Å². The number of hydrogen-bond acceptors (Lipinski definition) is 5. The molecule has 2 rings (SSSR count). The molecule has 5 nitrogen and oxygen atoms in total. The van der Waals surface area contributed by atoms with Gasteiger partial charge in [0.05, 0.1) is 26.7 Å². The van der Waals surface area contributed by atoms with Crippen LogP contribution in [0.15, 0.2) is 42.5 Å². The average molecular weight is 342 g/mol. The molecule has 0 fully saturated rings. The van der Waals surface area contributed by atoms with Gasteiger partial charge in [0, 0.05) is 5.56 Å². The van der Waals surface area contributed by atoms with Gasteiger partial charge in [-0.25, -0.2) is 0 Å². The van der Waals surface area contributed by atoms with Gasteiger partial charge in [-0.15, -0.1) is 0 Å². The summed E-state index contributed by atoms with van der Waals surface area (Å²) in [5.74, 6) is 0.843. The smallest absolute Gasteiger partial charge is 0.178 e. The summed E-state index contributed by atoms with van der Waals surface area (Å²) < 4.78 is 16.0. The Labute approximate surface area is 147 Å². The summed E-state index contributed by atoms with van der Waals surface area (Å²) in [6.07, 6.45) is -0.206. The van der Waals surface area contributed by atoms with E-state index >= 15 is 0 Å². The zero-order chi connectivity index (χ0) is 18.4. The van der Waals surface area contributed by atoms with Crippen molar-refractivity contribution in [2.24, 2.45) is 0 Å². The van der Waals surface area contributed by atoms with Crippen LogP contribution >= 0.6 is 0 Å². The number of rotatable bonds is 8. The quantitative estimate of drug-likeness (QED) is 0.537. The lowest BCUT2D eigenvalue weighted by Gasteiger charge is -2.12. The second kappa shape index (κ2) is 8.33. The number of carbonyl (C=O) groups is 2. The predicted molar refractivity (Wildman–Crippen MR) is 95.0 cm³/mol. The molecule has 0 unspecified atom stereocenters. The first-order valence-electron chi connectivity index (χ1n) is 8.00. The Hall–Kier alpha value is -2.82. The maximum absolute atomic E-state index is 12.6. The Morgan fingerprint density at radius 3 is 1.92 bits per heavy atom. The van der Waals surface area contributed by atoms with Crippen molar-refractivity contribution in [1.82, 2.24) is 0 Å². The molecular formula is C20H22O5. The van der Waals surface area contributed by atoms with Crippen LogP contribution in [0.5, 0.6) is 17.2 Å². The van der Waals surface area contributed by atoms with Gasteiger partial charge in [0.2, 0.25) is 0 Å². The van der Waals surface area contributed by atoms with E-state index in [-0.39, 0.29) is 29.7 Å². The van der Waals surface area contributed by atoms with Crippen molar-refractivity contribution in [2.45, 2.75) is 26.4 Å². The molecule has 2 aromatic carbocycles. The third-order valence-corrected chi connectivity index (χ3v) is 3.58. The van der Waals surface area contributed by atoms with Crippen molar-refractivity contribution in [3.8, 4) is 17.2 Å². The van der Waals surface area contributed by atoms with E-state index in [2.05, 4.69) is 0 Å². The highest BCUT2D eigenvalue weighted by Crippen LogP contribution is 2.30. The van der Waals surface area contributed by atoms with E-state index in [0.29, 0.717) is 22.8 Å². The summed E-state index contributed by atoms with van der Waals surface area (Å²) in [7, 11) is 2.95. The molecule has 0 saturated heterocycles. The fraction of sp³-hybridized carbons (Fsp3) is 0.300. The fourth-order valence-electron chi connectivity index (χ4n) is 2.45. The molecule has 0 aromatic heterocycles. The fourth-order valence-corrected chi connectivity index (χ4v) is 2.45. The number of benzene rings is 2. The molecule has 0 atom stereocenters. The number of ketones is 2. The summed E-state index contributed by atoms with van der Waals surface area (Å²) in [6.45, 7) is 3.86. The summed E-state index contributed by atoms with van der Waals surface area (Å²) in [5.41, 5.74) is 0.735. The summed E-state index contributed by atoms with van der Waals surface area (Å²) >= 11 is 0. The molecule has 2 aromatic rings. The van der Waals surface area contributed by atoms with E-state index in [4.69, 9.17) is 14.2 Å². The Morgan fingerprint density at radius 2 is 1.44 bits per heavy atom. The van der Waals surface area contributed by atoms with Crippen LogP contribution in [0, 0.1) is 0 Å². The van der Waals surface area contributed by atoms with Crippen LogP contribution in [0.4, 0.5) is 0 Å². The Morgan fingerprint density at radius 1 is 0.880 bits per heavy atom. The first kappa shape index (κ1) is 18.5. The molecule has 0 amide bonds. The SMILES string of the molecule is COc1cccc(OC)c1C(=O)CC(=O)c1ccc(OC(C)C)cc1. The minimum Gasteiger partial charge on any atom is -0.496 e. The van der Waals surface area contributed by atoms with Crippen molar-refractivity contribution in [2.75, 3.05) is 14.2 Å². The van der Waals surface area contributed by atoms with Crippen LogP contribution in [0.25, 0.3) is 0 Å². The van der Waals surface area contributed by atoms with Crippen molar-refractivity contribution in [1.29, 1.82) is 0 Å². The highest BCUT2D eigenvalue weighted by Gasteiger charge is 2.21. The van der Waals surface area contributed by atoms with Crippen molar-refractivity contribution >= 4 is 11.6 Å². The van der Waals surface area contributed by atoms with E-state index in [1.54, 1.807) is 42.5 Å². The van der Waals surface area contributed by atoms with E-state index < -0.39 is 0 Å². The number of methoxy groups -OCH3 is 2. The first-order chi connectivity index (χ1) is 12.0. The number of carbonyl (C=O) groups excluding carboxylic acids is 2. The maximum Gasteiger partial charge on any atom is 0.178 e. The van der Waals surface area contributed by atoms with Crippen LogP contribution < -0.4 is 14.2 Å². The van der Waals surface area contributed by atoms with E-state index in [9.17, 15) is 9.59 Å². The molecule has 0 spiro atoms. The molecular weight excluding hydrogens is 320 g/mol. The molecule has 0 aliphatic carbocycles. The summed E-state index contributed by atoms with van der Waals surface area (Å²) in [4.78, 5) is 25.0. The van der Waals surface area contributed by atoms with Gasteiger partial charge in [-0.3, -0.25) is 9.59 Å². The van der Waals surface area contributed by atoms with Gasteiger partial charge in [-0.05, 0) is 50.2 Å². The molecule has 0 aliphatic rings. The molecule has 0 bridgehead atoms. The van der Waals surface area contributed by atoms with Gasteiger partial charge in [0.25, 0.3) is 0 Å². The lowest BCUT2D eigenvalue weighted by atomic mass is 10.00. The Bertz CT molecular complexity index is 725. The highest BCUT2D eigenvalue weighted by atomic mass is 16.5. The van der Waals surface area contributed by atoms with E-state index in [1.807, 2.05) is 13.8 Å². The molecule has 0 aliphatic heterocycles. The third kappa shape index (κ3) is 4.59. The van der Waals surface area contributed by atoms with E-state index in [1.165, 1.54) is 14.2 Å². The zero-order valence-corrected chi connectivity index (χ0v) is 14.9. The van der Waals surface area contributed by atoms with Crippen LogP contribution in [0.3, 0.4) is 0 Å². The number of Topliss-reactive ketones (excluding diaryl/α,β-unsaturated/α-hetero) is 2. The number of ether oxygens (including phenoxy) is 3. The first-order valence-corrected chi connectivity index (χ1v) is 8.00. The van der Waals surface area contributed by atoms with Crippen molar-refractivity contribution < 1.29 is 23.8 Å². The molecule has 0 N–H and O–H groups in total. The predicted octanol–water partition coefficient (Wildman–Crippen LogP) is 3.95. The largest absolute Gasteiger partial charge is 0.496 e. The second-order valence-corrected chi connectivity index (χ2v) is 5.75. The molecule has 25 heavy (non-hydrogen) atoms. The lowest BCUT2D eigenvalue weighted by Crippen LogP contribution is -2.11. The molecule has 5 heteroatoms. The summed E-state index contributed by atoms with van der Waals surface area (Å²) in [6, 6.07) is 11.8. The van der Waals surface area contributed by atoms with Crippen molar-refractivity contribution in [3.63, 3.8) is 0 Å².